The molecule has 4 rings (SSSR count). The van der Waals surface area contributed by atoms with E-state index in [-0.39, 0.29) is 0 Å². The number of hydrogen-bond donors (Lipinski definition) is 0. The van der Waals surface area contributed by atoms with E-state index in [1.165, 1.54) is 0 Å². The highest BCUT2D eigenvalue weighted by atomic mass is 79.9. The molecule has 0 aromatic carbocycles. The molecule has 0 amide bonds. The lowest BCUT2D eigenvalue weighted by atomic mass is 10.1. The minimum Gasteiger partial charge on any atom is -0.264 e. The first kappa shape index (κ1) is 15.6. The van der Waals surface area contributed by atoms with Crippen molar-refractivity contribution in [2.45, 2.75) is 0 Å². The van der Waals surface area contributed by atoms with Gasteiger partial charge in [-0.15, -0.1) is 0 Å². The van der Waals surface area contributed by atoms with Gasteiger partial charge in [0.25, 0.3) is 0 Å². The van der Waals surface area contributed by atoms with Crippen LogP contribution in [0.4, 0.5) is 0 Å². The minimum absolute atomic E-state index is 0.881. The zero-order valence-corrected chi connectivity index (χ0v) is 14.8. The molecule has 0 aliphatic carbocycles. The number of hydrogen-bond acceptors (Lipinski definition) is 4. The van der Waals surface area contributed by atoms with Crippen LogP contribution < -0.4 is 0 Å². The van der Waals surface area contributed by atoms with Gasteiger partial charge in [-0.25, -0.2) is 0 Å². The van der Waals surface area contributed by atoms with Crippen LogP contribution in [0.1, 0.15) is 0 Å². The van der Waals surface area contributed by atoms with Gasteiger partial charge < -0.3 is 0 Å². The maximum absolute atomic E-state index is 4.55. The van der Waals surface area contributed by atoms with Gasteiger partial charge in [0.15, 0.2) is 0 Å². The summed E-state index contributed by atoms with van der Waals surface area (Å²) in [6.45, 7) is 0. The van der Waals surface area contributed by atoms with Crippen molar-refractivity contribution in [3.8, 4) is 33.8 Å². The Kier molecular flexibility index (Phi) is 4.31. The Bertz CT molecular complexity index is 967. The van der Waals surface area contributed by atoms with Gasteiger partial charge >= 0.3 is 0 Å². The molecule has 0 saturated carbocycles. The van der Waals surface area contributed by atoms with Crippen molar-refractivity contribution in [2.75, 3.05) is 0 Å². The highest BCUT2D eigenvalue weighted by Crippen LogP contribution is 2.23. The first-order valence-corrected chi connectivity index (χ1v) is 8.54. The van der Waals surface area contributed by atoms with Gasteiger partial charge in [-0.1, -0.05) is 0 Å². The molecule has 0 radical (unpaired) electrons. The molecule has 5 heteroatoms. The molecule has 4 aromatic rings. The third-order valence-corrected chi connectivity index (χ3v) is 4.27. The van der Waals surface area contributed by atoms with E-state index in [9.17, 15) is 0 Å². The van der Waals surface area contributed by atoms with Crippen molar-refractivity contribution in [3.05, 3.63) is 84.0 Å². The van der Waals surface area contributed by atoms with Gasteiger partial charge in [0.1, 0.15) is 0 Å². The first-order chi connectivity index (χ1) is 12.3. The summed E-state index contributed by atoms with van der Waals surface area (Å²) < 4.78 is 0.959. The summed E-state index contributed by atoms with van der Waals surface area (Å²) in [4.78, 5) is 17.6. The van der Waals surface area contributed by atoms with Crippen LogP contribution >= 0.6 is 15.9 Å². The maximum atomic E-state index is 4.55. The fraction of sp³-hybridized carbons (Fsp3) is 0. The molecule has 0 unspecified atom stereocenters. The SMILES string of the molecule is Brc1ccc(-c2ccc(-c3ccc(-c4cccnc4)nc3)nc2)nc1. The van der Waals surface area contributed by atoms with Crippen molar-refractivity contribution in [1.29, 1.82) is 0 Å². The molecule has 0 bridgehead atoms. The average Bonchev–Trinajstić information content (AvgIpc) is 2.70. The molecule has 0 saturated heterocycles. The van der Waals surface area contributed by atoms with Crippen LogP contribution in [0.5, 0.6) is 0 Å². The summed E-state index contributed by atoms with van der Waals surface area (Å²) in [5, 5.41) is 0. The summed E-state index contributed by atoms with van der Waals surface area (Å²) in [6, 6.07) is 15.8. The fourth-order valence-corrected chi connectivity index (χ4v) is 2.73. The molecule has 0 spiro atoms. The van der Waals surface area contributed by atoms with Gasteiger partial charge in [0, 0.05) is 52.1 Å². The van der Waals surface area contributed by atoms with E-state index in [4.69, 9.17) is 0 Å². The number of aromatic nitrogens is 4. The van der Waals surface area contributed by atoms with E-state index in [0.29, 0.717) is 0 Å². The summed E-state index contributed by atoms with van der Waals surface area (Å²) in [6.07, 6.45) is 9.01. The first-order valence-electron chi connectivity index (χ1n) is 7.74. The normalized spacial score (nSPS) is 10.6. The van der Waals surface area contributed by atoms with Gasteiger partial charge in [0.2, 0.25) is 0 Å². The van der Waals surface area contributed by atoms with E-state index in [1.807, 2.05) is 60.9 Å². The Morgan fingerprint density at radius 1 is 0.560 bits per heavy atom. The lowest BCUT2D eigenvalue weighted by Crippen LogP contribution is -1.89. The van der Waals surface area contributed by atoms with Crippen LogP contribution in [0.3, 0.4) is 0 Å². The van der Waals surface area contributed by atoms with Crippen LogP contribution in [0.2, 0.25) is 0 Å². The molecule has 4 aromatic heterocycles. The molecule has 25 heavy (non-hydrogen) atoms. The zero-order valence-electron chi connectivity index (χ0n) is 13.2. The van der Waals surface area contributed by atoms with Gasteiger partial charge in [-0.2, -0.15) is 0 Å². The second kappa shape index (κ2) is 6.91. The molecular formula is C20H13BrN4. The quantitative estimate of drug-likeness (QED) is 0.493. The number of rotatable bonds is 3. The van der Waals surface area contributed by atoms with Gasteiger partial charge in [-0.05, 0) is 64.5 Å². The molecule has 4 nitrogen and oxygen atoms in total. The Morgan fingerprint density at radius 2 is 1.12 bits per heavy atom. The van der Waals surface area contributed by atoms with E-state index >= 15 is 0 Å². The summed E-state index contributed by atoms with van der Waals surface area (Å²) in [7, 11) is 0. The van der Waals surface area contributed by atoms with E-state index in [1.54, 1.807) is 18.6 Å². The van der Waals surface area contributed by atoms with Crippen LogP contribution in [-0.4, -0.2) is 19.9 Å². The summed E-state index contributed by atoms with van der Waals surface area (Å²) in [5.41, 5.74) is 5.63. The van der Waals surface area contributed by atoms with Crippen LogP contribution in [0.15, 0.2) is 84.0 Å². The molecule has 0 N–H and O–H groups in total. The summed E-state index contributed by atoms with van der Waals surface area (Å²) >= 11 is 3.39. The van der Waals surface area contributed by atoms with Crippen LogP contribution in [0, 0.1) is 0 Å². The second-order valence-corrected chi connectivity index (χ2v) is 6.38. The van der Waals surface area contributed by atoms with Crippen molar-refractivity contribution in [3.63, 3.8) is 0 Å². The van der Waals surface area contributed by atoms with E-state index in [2.05, 4.69) is 35.9 Å². The molecule has 0 atom stereocenters. The topological polar surface area (TPSA) is 51.6 Å². The van der Waals surface area contributed by atoms with Crippen molar-refractivity contribution in [2.24, 2.45) is 0 Å². The van der Waals surface area contributed by atoms with Crippen molar-refractivity contribution in [1.82, 2.24) is 19.9 Å². The van der Waals surface area contributed by atoms with Crippen LogP contribution in [-0.2, 0) is 0 Å². The molecular weight excluding hydrogens is 376 g/mol. The second-order valence-electron chi connectivity index (χ2n) is 5.47. The number of nitrogens with zero attached hydrogens (tertiary/aromatic N) is 4. The fourth-order valence-electron chi connectivity index (χ4n) is 2.49. The Hall–Kier alpha value is -2.92. The Labute approximate surface area is 153 Å². The largest absolute Gasteiger partial charge is 0.264 e. The molecule has 0 fully saturated rings. The van der Waals surface area contributed by atoms with E-state index < -0.39 is 0 Å². The Morgan fingerprint density at radius 3 is 1.56 bits per heavy atom. The predicted octanol–water partition coefficient (Wildman–Crippen LogP) is 5.03. The number of halogens is 1. The van der Waals surface area contributed by atoms with Crippen molar-refractivity contribution < 1.29 is 0 Å². The van der Waals surface area contributed by atoms with Crippen LogP contribution in [0.25, 0.3) is 33.8 Å². The molecule has 0 aliphatic rings. The van der Waals surface area contributed by atoms with Crippen molar-refractivity contribution >= 4 is 15.9 Å². The maximum Gasteiger partial charge on any atom is 0.0718 e. The average molecular weight is 389 g/mol. The highest BCUT2D eigenvalue weighted by Gasteiger charge is 2.05. The monoisotopic (exact) mass is 388 g/mol. The number of pyridine rings is 4. The lowest BCUT2D eigenvalue weighted by molar-refractivity contribution is 1.25. The molecule has 0 aliphatic heterocycles. The molecule has 4 heterocycles. The third-order valence-electron chi connectivity index (χ3n) is 3.80. The smallest absolute Gasteiger partial charge is 0.0718 e. The molecule has 120 valence electrons. The van der Waals surface area contributed by atoms with Gasteiger partial charge in [0.05, 0.1) is 17.1 Å². The zero-order chi connectivity index (χ0) is 17.1. The highest BCUT2D eigenvalue weighted by molar-refractivity contribution is 9.10. The lowest BCUT2D eigenvalue weighted by Gasteiger charge is -2.05. The Balaban J connectivity index is 1.59. The predicted molar refractivity (Wildman–Crippen MR) is 102 cm³/mol. The summed E-state index contributed by atoms with van der Waals surface area (Å²) in [5.74, 6) is 0. The van der Waals surface area contributed by atoms with E-state index in [0.717, 1.165) is 38.2 Å². The van der Waals surface area contributed by atoms with Gasteiger partial charge in [-0.3, -0.25) is 19.9 Å². The standard InChI is InChI=1S/C20H13BrN4/c21-17-5-8-20(25-13-17)16-4-7-19(24-12-16)15-3-6-18(23-11-15)14-2-1-9-22-10-14/h1-13H. The minimum atomic E-state index is 0.881. The third kappa shape index (κ3) is 3.46.